The molecule has 2 heteroatoms. The molecule has 0 saturated heterocycles. The van der Waals surface area contributed by atoms with E-state index in [-0.39, 0.29) is 11.8 Å². The first-order valence-corrected chi connectivity index (χ1v) is 7.48. The summed E-state index contributed by atoms with van der Waals surface area (Å²) in [5.41, 5.74) is 0. The lowest BCUT2D eigenvalue weighted by Gasteiger charge is -2.38. The largest absolute Gasteiger partial charge is 0.355 e. The van der Waals surface area contributed by atoms with Gasteiger partial charge in [0, 0.05) is 18.9 Å². The monoisotopic (exact) mass is 247 g/mol. The number of carbonyl (C=O) groups excluding carboxylic acids is 1. The highest BCUT2D eigenvalue weighted by Gasteiger charge is 2.34. The van der Waals surface area contributed by atoms with Gasteiger partial charge in [0.1, 0.15) is 0 Å². The van der Waals surface area contributed by atoms with E-state index in [0.29, 0.717) is 6.54 Å². The molecule has 0 aromatic carbocycles. The highest BCUT2D eigenvalue weighted by Crippen LogP contribution is 2.42. The fourth-order valence-electron chi connectivity index (χ4n) is 3.63. The van der Waals surface area contributed by atoms with Crippen LogP contribution >= 0.6 is 0 Å². The van der Waals surface area contributed by atoms with Crippen LogP contribution in [0.1, 0.15) is 58.3 Å². The molecule has 1 amide bonds. The molecule has 2 rings (SSSR count). The summed E-state index contributed by atoms with van der Waals surface area (Å²) < 4.78 is 0. The van der Waals surface area contributed by atoms with Crippen molar-refractivity contribution in [3.05, 3.63) is 0 Å². The zero-order valence-electron chi connectivity index (χ0n) is 11.5. The molecule has 0 heterocycles. The Balaban J connectivity index is 1.75. The molecule has 100 valence electrons. The van der Waals surface area contributed by atoms with E-state index in [9.17, 15) is 4.79 Å². The number of fused-ring (bicyclic) bond motifs is 1. The maximum atomic E-state index is 12.1. The Morgan fingerprint density at radius 1 is 1.17 bits per heavy atom. The van der Waals surface area contributed by atoms with Gasteiger partial charge in [-0.2, -0.15) is 0 Å². The minimum Gasteiger partial charge on any atom is -0.355 e. The molecule has 0 spiro atoms. The van der Waals surface area contributed by atoms with Crippen LogP contribution in [0.3, 0.4) is 0 Å². The average molecular weight is 247 g/mol. The third-order valence-electron chi connectivity index (χ3n) is 4.64. The van der Waals surface area contributed by atoms with E-state index in [1.54, 1.807) is 0 Å². The number of rotatable bonds is 3. The van der Waals surface area contributed by atoms with Gasteiger partial charge in [-0.1, -0.05) is 25.7 Å². The molecule has 3 unspecified atom stereocenters. The molecule has 0 aromatic heterocycles. The van der Waals surface area contributed by atoms with E-state index < -0.39 is 0 Å². The molecule has 3 atom stereocenters. The fraction of sp³-hybridized carbons (Fsp3) is 0.812. The molecular weight excluding hydrogens is 222 g/mol. The molecule has 18 heavy (non-hydrogen) atoms. The number of nitrogens with one attached hydrogen (secondary N) is 1. The van der Waals surface area contributed by atoms with Gasteiger partial charge in [-0.3, -0.25) is 4.79 Å². The van der Waals surface area contributed by atoms with Crippen molar-refractivity contribution in [3.8, 4) is 11.8 Å². The Labute approximate surface area is 111 Å². The second-order valence-corrected chi connectivity index (χ2v) is 5.78. The van der Waals surface area contributed by atoms with E-state index in [0.717, 1.165) is 31.1 Å². The van der Waals surface area contributed by atoms with Crippen molar-refractivity contribution in [1.82, 2.24) is 5.32 Å². The van der Waals surface area contributed by atoms with Crippen molar-refractivity contribution in [3.63, 3.8) is 0 Å². The summed E-state index contributed by atoms with van der Waals surface area (Å²) in [6.07, 6.45) is 9.84. The van der Waals surface area contributed by atoms with Crippen molar-refractivity contribution in [1.29, 1.82) is 0 Å². The minimum absolute atomic E-state index is 0.275. The van der Waals surface area contributed by atoms with Gasteiger partial charge in [0.15, 0.2) is 0 Å². The van der Waals surface area contributed by atoms with Crippen molar-refractivity contribution >= 4 is 5.91 Å². The average Bonchev–Trinajstić information content (AvgIpc) is 2.43. The summed E-state index contributed by atoms with van der Waals surface area (Å²) in [7, 11) is 0. The van der Waals surface area contributed by atoms with E-state index in [1.807, 2.05) is 6.92 Å². The van der Waals surface area contributed by atoms with Crippen molar-refractivity contribution in [2.45, 2.75) is 58.3 Å². The highest BCUT2D eigenvalue weighted by molar-refractivity contribution is 5.78. The second-order valence-electron chi connectivity index (χ2n) is 5.78. The van der Waals surface area contributed by atoms with Gasteiger partial charge in [0.25, 0.3) is 0 Å². The van der Waals surface area contributed by atoms with Crippen LogP contribution in [-0.4, -0.2) is 12.5 Å². The minimum atomic E-state index is 0.275. The second kappa shape index (κ2) is 6.83. The fourth-order valence-corrected chi connectivity index (χ4v) is 3.63. The number of carbonyl (C=O) groups is 1. The lowest BCUT2D eigenvalue weighted by atomic mass is 9.67. The van der Waals surface area contributed by atoms with Gasteiger partial charge in [-0.15, -0.1) is 11.8 Å². The summed E-state index contributed by atoms with van der Waals surface area (Å²) in [5.74, 6) is 8.15. The Morgan fingerprint density at radius 3 is 2.72 bits per heavy atom. The van der Waals surface area contributed by atoms with Crippen molar-refractivity contribution in [2.24, 2.45) is 17.8 Å². The molecule has 2 fully saturated rings. The summed E-state index contributed by atoms with van der Waals surface area (Å²) in [6, 6.07) is 0. The highest BCUT2D eigenvalue weighted by atomic mass is 16.1. The van der Waals surface area contributed by atoms with Crippen molar-refractivity contribution in [2.75, 3.05) is 6.54 Å². The molecule has 1 N–H and O–H groups in total. The van der Waals surface area contributed by atoms with E-state index >= 15 is 0 Å². The van der Waals surface area contributed by atoms with Crippen molar-refractivity contribution < 1.29 is 4.79 Å². The molecule has 0 aromatic rings. The molecule has 2 aliphatic carbocycles. The molecular formula is C16H25NO. The molecule has 2 saturated carbocycles. The lowest BCUT2D eigenvalue weighted by molar-refractivity contribution is -0.127. The molecule has 0 aliphatic heterocycles. The third kappa shape index (κ3) is 3.51. The predicted octanol–water partition coefficient (Wildman–Crippen LogP) is 3.12. The van der Waals surface area contributed by atoms with Crippen LogP contribution in [0.25, 0.3) is 0 Å². The van der Waals surface area contributed by atoms with Crippen LogP contribution in [0.15, 0.2) is 0 Å². The Morgan fingerprint density at radius 2 is 1.94 bits per heavy atom. The van der Waals surface area contributed by atoms with Gasteiger partial charge in [-0.25, -0.2) is 0 Å². The SMILES string of the molecule is CC#CCCNC(=O)C1CCC2CCCCC2C1. The standard InChI is InChI=1S/C16H25NO/c1-2-3-6-11-17-16(18)15-10-9-13-7-4-5-8-14(13)12-15/h13-15H,4-12H2,1H3,(H,17,18). The number of hydrogen-bond acceptors (Lipinski definition) is 1. The van der Waals surface area contributed by atoms with E-state index in [4.69, 9.17) is 0 Å². The van der Waals surface area contributed by atoms with Gasteiger partial charge in [0.05, 0.1) is 0 Å². The van der Waals surface area contributed by atoms with E-state index in [1.165, 1.54) is 32.1 Å². The zero-order valence-corrected chi connectivity index (χ0v) is 11.5. The summed E-state index contributed by atoms with van der Waals surface area (Å²) in [5, 5.41) is 3.04. The first-order valence-electron chi connectivity index (χ1n) is 7.48. The first kappa shape index (κ1) is 13.5. The quantitative estimate of drug-likeness (QED) is 0.602. The third-order valence-corrected chi connectivity index (χ3v) is 4.64. The Kier molecular flexibility index (Phi) is 5.11. The van der Waals surface area contributed by atoms with Gasteiger partial charge < -0.3 is 5.32 Å². The van der Waals surface area contributed by atoms with Crippen LogP contribution in [0.2, 0.25) is 0 Å². The summed E-state index contributed by atoms with van der Waals surface area (Å²) >= 11 is 0. The number of hydrogen-bond donors (Lipinski definition) is 1. The zero-order chi connectivity index (χ0) is 12.8. The summed E-state index contributed by atoms with van der Waals surface area (Å²) in [4.78, 5) is 12.1. The van der Waals surface area contributed by atoms with Crippen LogP contribution in [0.5, 0.6) is 0 Å². The predicted molar refractivity (Wildman–Crippen MR) is 73.9 cm³/mol. The molecule has 0 bridgehead atoms. The van der Waals surface area contributed by atoms with Gasteiger partial charge in [-0.05, 0) is 38.0 Å². The summed E-state index contributed by atoms with van der Waals surface area (Å²) in [6.45, 7) is 2.55. The smallest absolute Gasteiger partial charge is 0.223 e. The first-order chi connectivity index (χ1) is 8.81. The molecule has 2 aliphatic rings. The maximum absolute atomic E-state index is 12.1. The van der Waals surface area contributed by atoms with Crippen LogP contribution in [0.4, 0.5) is 0 Å². The van der Waals surface area contributed by atoms with Crippen LogP contribution in [0, 0.1) is 29.6 Å². The maximum Gasteiger partial charge on any atom is 0.223 e. The molecule has 0 radical (unpaired) electrons. The number of amides is 1. The van der Waals surface area contributed by atoms with Gasteiger partial charge in [0.2, 0.25) is 5.91 Å². The Bertz CT molecular complexity index is 339. The van der Waals surface area contributed by atoms with Crippen LogP contribution < -0.4 is 5.32 Å². The topological polar surface area (TPSA) is 29.1 Å². The Hall–Kier alpha value is -0.970. The molecule has 2 nitrogen and oxygen atoms in total. The van der Waals surface area contributed by atoms with Crippen LogP contribution in [-0.2, 0) is 4.79 Å². The lowest BCUT2D eigenvalue weighted by Crippen LogP contribution is -2.37. The van der Waals surface area contributed by atoms with E-state index in [2.05, 4.69) is 17.2 Å². The van der Waals surface area contributed by atoms with Gasteiger partial charge >= 0.3 is 0 Å². The normalized spacial score (nSPS) is 30.8.